The minimum Gasteiger partial charge on any atom is -0.463 e. The lowest BCUT2D eigenvalue weighted by Gasteiger charge is -2.47. The summed E-state index contributed by atoms with van der Waals surface area (Å²) in [5, 5.41) is 3.62. The standard InChI is InChI=1S/C16H29NO2/c1-11(2)13-10-19-14(18)16(17-13)8-6-12(7-9-16)15(3,4)5/h11-13,17H,6-10H2,1-5H3/t12?,13-,16?/m0/s1. The van der Waals surface area contributed by atoms with Crippen LogP contribution >= 0.6 is 0 Å². The highest BCUT2D eigenvalue weighted by atomic mass is 16.5. The summed E-state index contributed by atoms with van der Waals surface area (Å²) in [6.07, 6.45) is 4.10. The van der Waals surface area contributed by atoms with E-state index in [0.29, 0.717) is 29.9 Å². The fourth-order valence-corrected chi connectivity index (χ4v) is 3.44. The van der Waals surface area contributed by atoms with Crippen molar-refractivity contribution in [3.05, 3.63) is 0 Å². The number of morpholine rings is 1. The van der Waals surface area contributed by atoms with Gasteiger partial charge < -0.3 is 4.74 Å². The summed E-state index contributed by atoms with van der Waals surface area (Å²) in [7, 11) is 0. The van der Waals surface area contributed by atoms with Gasteiger partial charge >= 0.3 is 5.97 Å². The normalized spacial score (nSPS) is 36.6. The second-order valence-electron chi connectivity index (χ2n) is 7.82. The predicted octanol–water partition coefficient (Wildman–Crippen LogP) is 3.13. The number of ether oxygens (including phenoxy) is 1. The first-order valence-corrected chi connectivity index (χ1v) is 7.69. The Kier molecular flexibility index (Phi) is 3.97. The lowest BCUT2D eigenvalue weighted by atomic mass is 9.67. The molecule has 1 spiro atoms. The molecule has 1 aliphatic heterocycles. The van der Waals surface area contributed by atoms with Gasteiger partial charge in [0.1, 0.15) is 12.1 Å². The van der Waals surface area contributed by atoms with E-state index in [0.717, 1.165) is 25.7 Å². The molecule has 1 atom stereocenters. The molecule has 2 fully saturated rings. The Hall–Kier alpha value is -0.570. The van der Waals surface area contributed by atoms with Gasteiger partial charge in [0.25, 0.3) is 0 Å². The van der Waals surface area contributed by atoms with Crippen LogP contribution in [0, 0.1) is 17.3 Å². The van der Waals surface area contributed by atoms with Crippen LogP contribution in [0.3, 0.4) is 0 Å². The van der Waals surface area contributed by atoms with Crippen molar-refractivity contribution in [2.24, 2.45) is 17.3 Å². The van der Waals surface area contributed by atoms with Crippen LogP contribution in [0.25, 0.3) is 0 Å². The second-order valence-corrected chi connectivity index (χ2v) is 7.82. The van der Waals surface area contributed by atoms with E-state index in [-0.39, 0.29) is 5.97 Å². The van der Waals surface area contributed by atoms with Crippen molar-refractivity contribution in [1.82, 2.24) is 5.32 Å². The molecule has 0 radical (unpaired) electrons. The van der Waals surface area contributed by atoms with E-state index >= 15 is 0 Å². The Morgan fingerprint density at radius 2 is 1.84 bits per heavy atom. The van der Waals surface area contributed by atoms with Crippen LogP contribution in [0.1, 0.15) is 60.3 Å². The van der Waals surface area contributed by atoms with E-state index in [2.05, 4.69) is 39.9 Å². The topological polar surface area (TPSA) is 38.3 Å². The molecule has 1 N–H and O–H groups in total. The Morgan fingerprint density at radius 3 is 2.32 bits per heavy atom. The van der Waals surface area contributed by atoms with Gasteiger partial charge in [0.2, 0.25) is 0 Å². The van der Waals surface area contributed by atoms with Crippen LogP contribution in [0.4, 0.5) is 0 Å². The minimum atomic E-state index is -0.394. The van der Waals surface area contributed by atoms with Gasteiger partial charge in [-0.2, -0.15) is 0 Å². The second kappa shape index (κ2) is 5.08. The number of esters is 1. The highest BCUT2D eigenvalue weighted by molar-refractivity contribution is 5.81. The van der Waals surface area contributed by atoms with E-state index < -0.39 is 5.54 Å². The third-order valence-corrected chi connectivity index (χ3v) is 5.12. The lowest BCUT2D eigenvalue weighted by molar-refractivity contribution is -0.163. The number of cyclic esters (lactones) is 1. The summed E-state index contributed by atoms with van der Waals surface area (Å²) in [5.74, 6) is 1.20. The smallest absolute Gasteiger partial charge is 0.326 e. The Balaban J connectivity index is 2.05. The fourth-order valence-electron chi connectivity index (χ4n) is 3.44. The number of rotatable bonds is 1. The lowest BCUT2D eigenvalue weighted by Crippen LogP contribution is -2.64. The molecule has 0 aromatic rings. The molecule has 0 bridgehead atoms. The van der Waals surface area contributed by atoms with Crippen LogP contribution < -0.4 is 5.32 Å². The first kappa shape index (κ1) is 14.8. The third kappa shape index (κ3) is 2.96. The van der Waals surface area contributed by atoms with E-state index in [9.17, 15) is 4.79 Å². The van der Waals surface area contributed by atoms with Crippen molar-refractivity contribution in [3.63, 3.8) is 0 Å². The number of hydrogen-bond donors (Lipinski definition) is 1. The van der Waals surface area contributed by atoms with E-state index in [1.165, 1.54) is 0 Å². The zero-order valence-corrected chi connectivity index (χ0v) is 13.1. The summed E-state index contributed by atoms with van der Waals surface area (Å²) in [6.45, 7) is 11.8. The van der Waals surface area contributed by atoms with E-state index in [1.54, 1.807) is 0 Å². The van der Waals surface area contributed by atoms with E-state index in [1.807, 2.05) is 0 Å². The molecule has 1 heterocycles. The zero-order valence-electron chi connectivity index (χ0n) is 13.1. The third-order valence-electron chi connectivity index (χ3n) is 5.12. The average Bonchev–Trinajstić information content (AvgIpc) is 2.32. The first-order valence-electron chi connectivity index (χ1n) is 7.69. The molecular weight excluding hydrogens is 238 g/mol. The molecule has 2 rings (SSSR count). The molecule has 0 aromatic heterocycles. The van der Waals surface area contributed by atoms with Crippen LogP contribution in [0.15, 0.2) is 0 Å². The predicted molar refractivity (Wildman–Crippen MR) is 76.9 cm³/mol. The maximum Gasteiger partial charge on any atom is 0.326 e. The van der Waals surface area contributed by atoms with Crippen molar-refractivity contribution >= 4 is 5.97 Å². The minimum absolute atomic E-state index is 0.0169. The average molecular weight is 267 g/mol. The summed E-state index contributed by atoms with van der Waals surface area (Å²) < 4.78 is 5.46. The number of nitrogens with one attached hydrogen (secondary N) is 1. The van der Waals surface area contributed by atoms with E-state index in [4.69, 9.17) is 4.74 Å². The summed E-state index contributed by atoms with van der Waals surface area (Å²) in [6, 6.07) is 0.309. The van der Waals surface area contributed by atoms with Crippen molar-refractivity contribution < 1.29 is 9.53 Å². The Morgan fingerprint density at radius 1 is 1.26 bits per heavy atom. The monoisotopic (exact) mass is 267 g/mol. The fraction of sp³-hybridized carbons (Fsp3) is 0.938. The molecule has 19 heavy (non-hydrogen) atoms. The van der Waals surface area contributed by atoms with Crippen molar-refractivity contribution in [3.8, 4) is 0 Å². The number of hydrogen-bond acceptors (Lipinski definition) is 3. The van der Waals surface area contributed by atoms with Crippen LogP contribution in [-0.4, -0.2) is 24.2 Å². The SMILES string of the molecule is CC(C)[C@@H]1COC(=O)C2(CCC(C(C)(C)C)CC2)N1. The van der Waals surface area contributed by atoms with Gasteiger partial charge in [-0.3, -0.25) is 10.1 Å². The molecule has 3 heteroatoms. The van der Waals surface area contributed by atoms with Crippen LogP contribution in [-0.2, 0) is 9.53 Å². The number of carbonyl (C=O) groups excluding carboxylic acids is 1. The Bertz CT molecular complexity index is 335. The summed E-state index contributed by atoms with van der Waals surface area (Å²) in [4.78, 5) is 12.2. The quantitative estimate of drug-likeness (QED) is 0.742. The Labute approximate surface area is 117 Å². The van der Waals surface area contributed by atoms with Crippen molar-refractivity contribution in [1.29, 1.82) is 0 Å². The molecule has 1 saturated heterocycles. The molecule has 1 saturated carbocycles. The molecule has 3 nitrogen and oxygen atoms in total. The zero-order chi connectivity index (χ0) is 14.3. The van der Waals surface area contributed by atoms with Crippen LogP contribution in [0.2, 0.25) is 0 Å². The molecule has 0 amide bonds. The summed E-state index contributed by atoms with van der Waals surface area (Å²) >= 11 is 0. The van der Waals surface area contributed by atoms with Gasteiger partial charge in [-0.25, -0.2) is 0 Å². The maximum absolute atomic E-state index is 12.2. The summed E-state index contributed by atoms with van der Waals surface area (Å²) in [5.41, 5.74) is -0.0490. The van der Waals surface area contributed by atoms with Gasteiger partial charge in [-0.05, 0) is 42.9 Å². The van der Waals surface area contributed by atoms with Gasteiger partial charge in [-0.15, -0.1) is 0 Å². The van der Waals surface area contributed by atoms with Gasteiger partial charge in [0.05, 0.1) is 0 Å². The number of carbonyl (C=O) groups is 1. The largest absolute Gasteiger partial charge is 0.463 e. The highest BCUT2D eigenvalue weighted by Gasteiger charge is 2.48. The molecule has 110 valence electrons. The molecular formula is C16H29NO2. The molecule has 0 aromatic carbocycles. The molecule has 1 aliphatic carbocycles. The highest BCUT2D eigenvalue weighted by Crippen LogP contribution is 2.43. The van der Waals surface area contributed by atoms with Gasteiger partial charge in [0, 0.05) is 6.04 Å². The van der Waals surface area contributed by atoms with Gasteiger partial charge in [-0.1, -0.05) is 34.6 Å². The van der Waals surface area contributed by atoms with Gasteiger partial charge in [0.15, 0.2) is 0 Å². The first-order chi connectivity index (χ1) is 8.74. The molecule has 2 aliphatic rings. The maximum atomic E-state index is 12.2. The van der Waals surface area contributed by atoms with Crippen molar-refractivity contribution in [2.75, 3.05) is 6.61 Å². The molecule has 0 unspecified atom stereocenters. The van der Waals surface area contributed by atoms with Crippen LogP contribution in [0.5, 0.6) is 0 Å². The van der Waals surface area contributed by atoms with Crippen molar-refractivity contribution in [2.45, 2.75) is 71.9 Å².